The zero-order chi connectivity index (χ0) is 13.7. The Morgan fingerprint density at radius 2 is 2.17 bits per heavy atom. The minimum Gasteiger partial charge on any atom is -0.496 e. The number of carbonyl (C=O) groups is 2. The minimum absolute atomic E-state index is 0.201. The Kier molecular flexibility index (Phi) is 5.63. The zero-order valence-corrected chi connectivity index (χ0v) is 12.2. The van der Waals surface area contributed by atoms with E-state index in [1.807, 2.05) is 22.6 Å². The third kappa shape index (κ3) is 4.00. The number of ether oxygens (including phenoxy) is 1. The summed E-state index contributed by atoms with van der Waals surface area (Å²) in [6.45, 7) is -0.411. The average Bonchev–Trinajstić information content (AvgIpc) is 2.31. The van der Waals surface area contributed by atoms with E-state index in [1.165, 1.54) is 13.2 Å². The van der Waals surface area contributed by atoms with Gasteiger partial charge in [0.1, 0.15) is 5.75 Å². The molecule has 0 radical (unpaired) electrons. The molecule has 8 heteroatoms. The molecule has 0 bridgehead atoms. The molecule has 0 saturated carbocycles. The normalized spacial score (nSPS) is 9.94. The summed E-state index contributed by atoms with van der Waals surface area (Å²) in [6, 6.07) is 3.07. The van der Waals surface area contributed by atoms with Crippen LogP contribution < -0.4 is 16.0 Å². The fourth-order valence-electron chi connectivity index (χ4n) is 1.10. The van der Waals surface area contributed by atoms with Gasteiger partial charge in [-0.15, -0.1) is 0 Å². The van der Waals surface area contributed by atoms with Crippen molar-refractivity contribution >= 4 is 46.0 Å². The smallest absolute Gasteiger partial charge is 0.278 e. The van der Waals surface area contributed by atoms with Crippen molar-refractivity contribution in [2.75, 3.05) is 13.7 Å². The number of primary amides is 1. The van der Waals surface area contributed by atoms with Gasteiger partial charge in [-0.1, -0.05) is 11.6 Å². The Morgan fingerprint density at radius 3 is 2.72 bits per heavy atom. The number of hydrogen-bond acceptors (Lipinski definition) is 4. The van der Waals surface area contributed by atoms with Gasteiger partial charge in [-0.2, -0.15) is 0 Å². The number of rotatable bonds is 5. The largest absolute Gasteiger partial charge is 0.496 e. The van der Waals surface area contributed by atoms with Gasteiger partial charge in [-0.05, 0) is 34.7 Å². The second kappa shape index (κ2) is 6.76. The van der Waals surface area contributed by atoms with Crippen LogP contribution in [0.2, 0.25) is 5.02 Å². The summed E-state index contributed by atoms with van der Waals surface area (Å²) in [6.07, 6.45) is 0. The SMILES string of the molecule is COc1cc(I)c(Cl)cc1C(=O)NOCC(N)=O. The lowest BCUT2D eigenvalue weighted by molar-refractivity contribution is -0.124. The number of benzene rings is 1. The molecule has 0 aromatic heterocycles. The molecular weight excluding hydrogens is 374 g/mol. The molecular formula is C10H10ClIN2O4. The summed E-state index contributed by atoms with van der Waals surface area (Å²) in [5.41, 5.74) is 7.13. The maximum Gasteiger partial charge on any atom is 0.278 e. The molecule has 6 nitrogen and oxygen atoms in total. The molecule has 0 aliphatic heterocycles. The van der Waals surface area contributed by atoms with E-state index >= 15 is 0 Å². The average molecular weight is 385 g/mol. The van der Waals surface area contributed by atoms with E-state index < -0.39 is 18.4 Å². The molecule has 0 saturated heterocycles. The summed E-state index contributed by atoms with van der Waals surface area (Å²) >= 11 is 7.93. The molecule has 0 fully saturated rings. The van der Waals surface area contributed by atoms with Crippen molar-refractivity contribution in [1.82, 2.24) is 5.48 Å². The molecule has 1 rings (SSSR count). The van der Waals surface area contributed by atoms with E-state index in [0.29, 0.717) is 10.8 Å². The van der Waals surface area contributed by atoms with Crippen molar-refractivity contribution in [2.45, 2.75) is 0 Å². The molecule has 0 unspecified atom stereocenters. The van der Waals surface area contributed by atoms with Gasteiger partial charge in [0.2, 0.25) is 5.91 Å². The van der Waals surface area contributed by atoms with E-state index in [-0.39, 0.29) is 5.56 Å². The highest BCUT2D eigenvalue weighted by Crippen LogP contribution is 2.28. The van der Waals surface area contributed by atoms with Crippen molar-refractivity contribution in [3.8, 4) is 5.75 Å². The first-order chi connectivity index (χ1) is 8.45. The van der Waals surface area contributed by atoms with Crippen LogP contribution >= 0.6 is 34.2 Å². The van der Waals surface area contributed by atoms with E-state index in [2.05, 4.69) is 10.3 Å². The second-order valence-corrected chi connectivity index (χ2v) is 4.72. The number of methoxy groups -OCH3 is 1. The van der Waals surface area contributed by atoms with Crippen LogP contribution in [0.3, 0.4) is 0 Å². The first-order valence-electron chi connectivity index (χ1n) is 4.69. The maximum atomic E-state index is 11.7. The second-order valence-electron chi connectivity index (χ2n) is 3.15. The van der Waals surface area contributed by atoms with Crippen LogP contribution in [0.4, 0.5) is 0 Å². The summed E-state index contributed by atoms with van der Waals surface area (Å²) in [5, 5.41) is 0.413. The van der Waals surface area contributed by atoms with Gasteiger partial charge in [0.05, 0.1) is 17.7 Å². The lowest BCUT2D eigenvalue weighted by Gasteiger charge is -2.10. The van der Waals surface area contributed by atoms with Crippen LogP contribution in [0.15, 0.2) is 12.1 Å². The zero-order valence-electron chi connectivity index (χ0n) is 9.33. The lowest BCUT2D eigenvalue weighted by atomic mass is 10.2. The minimum atomic E-state index is -0.692. The highest BCUT2D eigenvalue weighted by Gasteiger charge is 2.15. The van der Waals surface area contributed by atoms with E-state index in [0.717, 1.165) is 3.57 Å². The number of hydrogen-bond donors (Lipinski definition) is 2. The van der Waals surface area contributed by atoms with Crippen molar-refractivity contribution < 1.29 is 19.2 Å². The van der Waals surface area contributed by atoms with Gasteiger partial charge >= 0.3 is 0 Å². The Hall–Kier alpha value is -1.06. The Labute approximate surface area is 122 Å². The number of nitrogens with two attached hydrogens (primary N) is 1. The van der Waals surface area contributed by atoms with Gasteiger partial charge in [0, 0.05) is 3.57 Å². The fraction of sp³-hybridized carbons (Fsp3) is 0.200. The highest BCUT2D eigenvalue weighted by molar-refractivity contribution is 14.1. The van der Waals surface area contributed by atoms with Crippen LogP contribution in [-0.2, 0) is 9.63 Å². The fourth-order valence-corrected chi connectivity index (χ4v) is 1.70. The standard InChI is InChI=1S/C10H10ClIN2O4/c1-17-8-3-7(12)6(11)2-5(8)10(16)14-18-4-9(13)15/h2-3H,4H2,1H3,(H2,13,15)(H,14,16). The molecule has 0 atom stereocenters. The molecule has 18 heavy (non-hydrogen) atoms. The Morgan fingerprint density at radius 1 is 1.50 bits per heavy atom. The van der Waals surface area contributed by atoms with Gasteiger partial charge in [0.15, 0.2) is 6.61 Å². The molecule has 1 aromatic carbocycles. The van der Waals surface area contributed by atoms with Crippen molar-refractivity contribution in [2.24, 2.45) is 5.73 Å². The van der Waals surface area contributed by atoms with Crippen LogP contribution in [0.5, 0.6) is 5.75 Å². The molecule has 0 spiro atoms. The van der Waals surface area contributed by atoms with Crippen molar-refractivity contribution in [3.05, 3.63) is 26.3 Å². The van der Waals surface area contributed by atoms with Gasteiger partial charge in [-0.3, -0.25) is 14.4 Å². The number of carbonyl (C=O) groups excluding carboxylic acids is 2. The van der Waals surface area contributed by atoms with Crippen LogP contribution in [0.25, 0.3) is 0 Å². The summed E-state index contributed by atoms with van der Waals surface area (Å²) < 4.78 is 5.81. The number of amides is 2. The molecule has 2 amide bonds. The highest BCUT2D eigenvalue weighted by atomic mass is 127. The molecule has 98 valence electrons. The Bertz CT molecular complexity index is 481. The number of hydroxylamine groups is 1. The van der Waals surface area contributed by atoms with Crippen LogP contribution in [0.1, 0.15) is 10.4 Å². The first kappa shape index (κ1) is 15.0. The van der Waals surface area contributed by atoms with Crippen molar-refractivity contribution in [1.29, 1.82) is 0 Å². The predicted octanol–water partition coefficient (Wildman–Crippen LogP) is 1.10. The molecule has 0 heterocycles. The topological polar surface area (TPSA) is 90.7 Å². The molecule has 1 aromatic rings. The quantitative estimate of drug-likeness (QED) is 0.587. The molecule has 0 aliphatic carbocycles. The van der Waals surface area contributed by atoms with Crippen molar-refractivity contribution in [3.63, 3.8) is 0 Å². The third-order valence-electron chi connectivity index (χ3n) is 1.87. The van der Waals surface area contributed by atoms with E-state index in [1.54, 1.807) is 6.07 Å². The van der Waals surface area contributed by atoms with Crippen LogP contribution in [-0.4, -0.2) is 25.5 Å². The third-order valence-corrected chi connectivity index (χ3v) is 3.39. The Balaban J connectivity index is 2.84. The monoisotopic (exact) mass is 384 g/mol. The van der Waals surface area contributed by atoms with E-state index in [4.69, 9.17) is 22.1 Å². The molecule has 3 N–H and O–H groups in total. The maximum absolute atomic E-state index is 11.7. The summed E-state index contributed by atoms with van der Waals surface area (Å²) in [7, 11) is 1.43. The summed E-state index contributed by atoms with van der Waals surface area (Å²) in [5.74, 6) is -0.918. The number of halogens is 2. The lowest BCUT2D eigenvalue weighted by Crippen LogP contribution is -2.29. The predicted molar refractivity (Wildman–Crippen MR) is 73.3 cm³/mol. The van der Waals surface area contributed by atoms with Crippen LogP contribution in [0, 0.1) is 3.57 Å². The molecule has 0 aliphatic rings. The van der Waals surface area contributed by atoms with Gasteiger partial charge < -0.3 is 10.5 Å². The van der Waals surface area contributed by atoms with Gasteiger partial charge in [0.25, 0.3) is 5.91 Å². The van der Waals surface area contributed by atoms with Gasteiger partial charge in [-0.25, -0.2) is 5.48 Å². The number of nitrogens with one attached hydrogen (secondary N) is 1. The summed E-state index contributed by atoms with van der Waals surface area (Å²) in [4.78, 5) is 26.8. The van der Waals surface area contributed by atoms with E-state index in [9.17, 15) is 9.59 Å². The first-order valence-corrected chi connectivity index (χ1v) is 6.15.